The van der Waals surface area contributed by atoms with Gasteiger partial charge in [0.25, 0.3) is 0 Å². The number of ether oxygens (including phenoxy) is 1. The second-order valence-electron chi connectivity index (χ2n) is 14.0. The van der Waals surface area contributed by atoms with Gasteiger partial charge in [0.2, 0.25) is 0 Å². The molecular weight excluding hydrogens is 464 g/mol. The van der Waals surface area contributed by atoms with Gasteiger partial charge in [-0.2, -0.15) is 0 Å². The van der Waals surface area contributed by atoms with Crippen LogP contribution in [0.3, 0.4) is 0 Å². The van der Waals surface area contributed by atoms with E-state index in [4.69, 9.17) is 4.74 Å². The van der Waals surface area contributed by atoms with Crippen LogP contribution >= 0.6 is 0 Å². The summed E-state index contributed by atoms with van der Waals surface area (Å²) < 4.78 is 5.78. The van der Waals surface area contributed by atoms with Crippen LogP contribution in [0.25, 0.3) is 0 Å². The van der Waals surface area contributed by atoms with Gasteiger partial charge in [0.15, 0.2) is 5.78 Å². The normalized spacial score (nSPS) is 44.6. The molecule has 37 heavy (non-hydrogen) atoms. The van der Waals surface area contributed by atoms with Crippen LogP contribution in [-0.2, 0) is 14.3 Å². The molecule has 0 aliphatic heterocycles. The van der Waals surface area contributed by atoms with Gasteiger partial charge < -0.3 is 14.9 Å². The van der Waals surface area contributed by atoms with Crippen LogP contribution in [0.1, 0.15) is 101 Å². The number of rotatable bonds is 3. The first-order valence-electron chi connectivity index (χ1n) is 14.1. The van der Waals surface area contributed by atoms with Crippen molar-refractivity contribution in [1.29, 1.82) is 0 Å². The molecule has 0 heterocycles. The smallest absolute Gasteiger partial charge is 0.302 e. The lowest BCUT2D eigenvalue weighted by Crippen LogP contribution is -2.58. The Hall–Kier alpha value is -1.72. The van der Waals surface area contributed by atoms with Crippen molar-refractivity contribution in [3.05, 3.63) is 34.4 Å². The maximum atomic E-state index is 13.7. The van der Waals surface area contributed by atoms with E-state index in [-0.39, 0.29) is 45.9 Å². The van der Waals surface area contributed by atoms with Gasteiger partial charge in [0.1, 0.15) is 6.10 Å². The molecule has 4 saturated carbocycles. The van der Waals surface area contributed by atoms with Gasteiger partial charge >= 0.3 is 5.97 Å². The molecule has 0 aromatic carbocycles. The van der Waals surface area contributed by atoms with Crippen LogP contribution < -0.4 is 0 Å². The van der Waals surface area contributed by atoms with Gasteiger partial charge in [-0.05, 0) is 82.6 Å². The van der Waals surface area contributed by atoms with E-state index >= 15 is 0 Å². The molecule has 4 rings (SSSR count). The van der Waals surface area contributed by atoms with Crippen molar-refractivity contribution in [2.24, 2.45) is 34.0 Å². The van der Waals surface area contributed by atoms with Gasteiger partial charge in [-0.3, -0.25) is 9.59 Å². The zero-order valence-corrected chi connectivity index (χ0v) is 24.4. The topological polar surface area (TPSA) is 83.8 Å². The summed E-state index contributed by atoms with van der Waals surface area (Å²) in [5.74, 6) is 0.406. The summed E-state index contributed by atoms with van der Waals surface area (Å²) in [5, 5.41) is 21.5. The number of ketones is 1. The zero-order valence-electron chi connectivity index (χ0n) is 24.4. The van der Waals surface area contributed by atoms with Crippen LogP contribution in [0.15, 0.2) is 34.4 Å². The van der Waals surface area contributed by atoms with Crippen LogP contribution in [0.4, 0.5) is 0 Å². The van der Waals surface area contributed by atoms with Gasteiger partial charge in [-0.25, -0.2) is 0 Å². The maximum absolute atomic E-state index is 13.7. The van der Waals surface area contributed by atoms with E-state index in [0.717, 1.165) is 48.0 Å². The number of aliphatic hydroxyl groups is 2. The van der Waals surface area contributed by atoms with E-state index in [1.54, 1.807) is 6.92 Å². The summed E-state index contributed by atoms with van der Waals surface area (Å²) >= 11 is 0. The first-order chi connectivity index (χ1) is 17.0. The fraction of sp³-hybridized carbons (Fsp3) is 0.750. The molecule has 8 atom stereocenters. The first kappa shape index (κ1) is 28.3. The largest absolute Gasteiger partial charge is 0.462 e. The lowest BCUT2D eigenvalue weighted by molar-refractivity contribution is -0.185. The number of hydrogen-bond donors (Lipinski definition) is 2. The summed E-state index contributed by atoms with van der Waals surface area (Å²) in [6.07, 6.45) is 7.94. The number of aliphatic hydroxyl groups excluding tert-OH is 1. The van der Waals surface area contributed by atoms with Crippen LogP contribution in [-0.4, -0.2) is 39.8 Å². The van der Waals surface area contributed by atoms with Crippen molar-refractivity contribution < 1.29 is 24.5 Å². The Balaban J connectivity index is 1.68. The van der Waals surface area contributed by atoms with Crippen molar-refractivity contribution in [1.82, 2.24) is 0 Å². The fourth-order valence-electron chi connectivity index (χ4n) is 9.22. The highest BCUT2D eigenvalue weighted by Crippen LogP contribution is 2.69. The average Bonchev–Trinajstić information content (AvgIpc) is 3.18. The fourth-order valence-corrected chi connectivity index (χ4v) is 9.22. The molecule has 5 nitrogen and oxygen atoms in total. The second-order valence-corrected chi connectivity index (χ2v) is 14.0. The van der Waals surface area contributed by atoms with Crippen molar-refractivity contribution in [2.45, 2.75) is 119 Å². The van der Waals surface area contributed by atoms with Crippen LogP contribution in [0, 0.1) is 34.0 Å². The number of carbonyl (C=O) groups excluding carboxylic acids is 2. The summed E-state index contributed by atoms with van der Waals surface area (Å²) in [5.41, 5.74) is 2.58. The highest BCUT2D eigenvalue weighted by molar-refractivity contribution is 6.00. The number of Topliss-reactive ketones (excluding diaryl/α,β-unsaturated/α-hetero) is 1. The van der Waals surface area contributed by atoms with Gasteiger partial charge in [0, 0.05) is 35.7 Å². The molecule has 0 bridgehead atoms. The Morgan fingerprint density at radius 2 is 1.62 bits per heavy atom. The Labute approximate surface area is 223 Å². The Morgan fingerprint density at radius 1 is 0.973 bits per heavy atom. The molecule has 0 aromatic rings. The van der Waals surface area contributed by atoms with E-state index in [9.17, 15) is 19.8 Å². The molecule has 0 unspecified atom stereocenters. The van der Waals surface area contributed by atoms with Crippen LogP contribution in [0.5, 0.6) is 0 Å². The quantitative estimate of drug-likeness (QED) is 0.272. The molecule has 2 N–H and O–H groups in total. The zero-order chi connectivity index (χ0) is 27.7. The number of carbonyl (C=O) groups is 2. The third-order valence-electron chi connectivity index (χ3n) is 11.2. The average molecular weight is 513 g/mol. The van der Waals surface area contributed by atoms with Gasteiger partial charge in [-0.15, -0.1) is 0 Å². The summed E-state index contributed by atoms with van der Waals surface area (Å²) in [4.78, 5) is 25.5. The summed E-state index contributed by atoms with van der Waals surface area (Å²) in [7, 11) is 0. The van der Waals surface area contributed by atoms with Crippen molar-refractivity contribution in [2.75, 3.05) is 0 Å². The number of hydrogen-bond acceptors (Lipinski definition) is 5. The number of allylic oxidation sites excluding steroid dienone is 4. The summed E-state index contributed by atoms with van der Waals surface area (Å²) in [6, 6.07) is 0. The van der Waals surface area contributed by atoms with Crippen molar-refractivity contribution >= 4 is 11.8 Å². The Morgan fingerprint density at radius 3 is 2.22 bits per heavy atom. The Bertz CT molecular complexity index is 1070. The third kappa shape index (κ3) is 4.29. The van der Waals surface area contributed by atoms with Crippen molar-refractivity contribution in [3.63, 3.8) is 0 Å². The highest BCUT2D eigenvalue weighted by Gasteiger charge is 2.65. The highest BCUT2D eigenvalue weighted by atomic mass is 16.5. The lowest BCUT2D eigenvalue weighted by Gasteiger charge is -2.62. The Kier molecular flexibility index (Phi) is 7.03. The minimum atomic E-state index is -1.22. The number of esters is 1. The van der Waals surface area contributed by atoms with Crippen LogP contribution in [0.2, 0.25) is 0 Å². The van der Waals surface area contributed by atoms with Gasteiger partial charge in [-0.1, -0.05) is 51.0 Å². The third-order valence-corrected chi connectivity index (χ3v) is 11.2. The molecule has 4 aliphatic carbocycles. The van der Waals surface area contributed by atoms with E-state index in [2.05, 4.69) is 27.7 Å². The van der Waals surface area contributed by atoms with E-state index in [1.165, 1.54) is 6.92 Å². The SMILES string of the molecule is CC(=O)O[C@H]1CC[C@@]2(C)[C@@H](CC[C@]3(C)/C(=C(C)/C=C/[C@@H]4C(=C(C)C)C[C@H](O)[C@@]4(C)O)C(=O)C[C@@H]23)C1(C)C. The molecule has 0 amide bonds. The standard InChI is InChI=1S/C32H48O5/c1-18(2)21-16-26(35)32(9,36)22(21)11-10-19(3)28-23(34)17-25-30(7)15-13-27(37-20(4)33)29(5,6)24(30)12-14-31(25,28)8/h10-11,22,24-27,35-36H,12-17H2,1-9H3/b11-10+,28-19+/t22-,24+,25+,26+,27+,30+,31+,32+/m1/s1. The first-order valence-corrected chi connectivity index (χ1v) is 14.1. The minimum Gasteiger partial charge on any atom is -0.462 e. The molecule has 0 saturated heterocycles. The summed E-state index contributed by atoms with van der Waals surface area (Å²) in [6.45, 7) is 18.5. The molecule has 4 aliphatic rings. The minimum absolute atomic E-state index is 0.00299. The lowest BCUT2D eigenvalue weighted by atomic mass is 9.43. The maximum Gasteiger partial charge on any atom is 0.302 e. The predicted molar refractivity (Wildman–Crippen MR) is 146 cm³/mol. The van der Waals surface area contributed by atoms with Crippen molar-refractivity contribution in [3.8, 4) is 0 Å². The number of fused-ring (bicyclic) bond motifs is 3. The monoisotopic (exact) mass is 512 g/mol. The second kappa shape index (κ2) is 9.19. The van der Waals surface area contributed by atoms with E-state index in [0.29, 0.717) is 18.8 Å². The molecule has 0 aromatic heterocycles. The van der Waals surface area contributed by atoms with Gasteiger partial charge in [0.05, 0.1) is 11.7 Å². The molecule has 206 valence electrons. The molecule has 4 fully saturated rings. The van der Waals surface area contributed by atoms with E-state index < -0.39 is 11.7 Å². The molecule has 0 radical (unpaired) electrons. The molecule has 0 spiro atoms. The molecular formula is C32H48O5. The molecule has 5 heteroatoms. The van der Waals surface area contributed by atoms with E-state index in [1.807, 2.05) is 32.9 Å². The predicted octanol–water partition coefficient (Wildman–Crippen LogP) is 6.09.